The molecule has 1 unspecified atom stereocenters. The monoisotopic (exact) mass is 488 g/mol. The first kappa shape index (κ1) is 24.8. The normalized spacial score (nSPS) is 14.7. The van der Waals surface area contributed by atoms with Gasteiger partial charge in [0.15, 0.2) is 4.90 Å². The molecule has 1 amide bonds. The van der Waals surface area contributed by atoms with Gasteiger partial charge < -0.3 is 14.8 Å². The molecule has 3 aromatic carbocycles. The van der Waals surface area contributed by atoms with E-state index in [4.69, 9.17) is 0 Å². The largest absolute Gasteiger partial charge is 0.612 e. The maximum absolute atomic E-state index is 14.2. The molecular formula is C29H29FN2O2S. The van der Waals surface area contributed by atoms with Crippen LogP contribution in [-0.2, 0) is 22.5 Å². The van der Waals surface area contributed by atoms with E-state index in [1.54, 1.807) is 12.3 Å². The number of anilines is 1. The van der Waals surface area contributed by atoms with Gasteiger partial charge in [-0.05, 0) is 112 Å². The van der Waals surface area contributed by atoms with Gasteiger partial charge in [-0.1, -0.05) is 18.2 Å². The number of halogens is 1. The lowest BCUT2D eigenvalue weighted by Crippen LogP contribution is -2.22. The topological polar surface area (TPSA) is 55.4 Å². The van der Waals surface area contributed by atoms with Crippen LogP contribution in [0.1, 0.15) is 35.6 Å². The standard InChI is InChI=1S/C29H29FN2O2S/c1-19-26(15-20-7-12-24(13-8-20)35(4)34)25-14-9-22(30)16-28(25)27(19)17-29(33)31-18-21-5-10-23(11-6-21)32(2)3/h5-16H,17-18H2,1-4H3,(H,31,33). The average molecular weight is 489 g/mol. The van der Waals surface area contributed by atoms with Gasteiger partial charge >= 0.3 is 0 Å². The van der Waals surface area contributed by atoms with Gasteiger partial charge in [0.2, 0.25) is 5.91 Å². The van der Waals surface area contributed by atoms with E-state index in [2.05, 4.69) is 5.32 Å². The minimum Gasteiger partial charge on any atom is -0.612 e. The van der Waals surface area contributed by atoms with Gasteiger partial charge in [-0.15, -0.1) is 0 Å². The number of allylic oxidation sites excluding steroid dienone is 2. The second-order valence-electron chi connectivity index (χ2n) is 8.89. The first-order valence-electron chi connectivity index (χ1n) is 11.4. The van der Waals surface area contributed by atoms with Crippen LogP contribution in [0.25, 0.3) is 17.2 Å². The molecule has 0 radical (unpaired) electrons. The Morgan fingerprint density at radius 2 is 1.71 bits per heavy atom. The van der Waals surface area contributed by atoms with Crippen LogP contribution in [0.3, 0.4) is 0 Å². The van der Waals surface area contributed by atoms with Gasteiger partial charge in [0.25, 0.3) is 0 Å². The van der Waals surface area contributed by atoms with E-state index >= 15 is 0 Å². The molecule has 6 heteroatoms. The molecule has 4 rings (SSSR count). The van der Waals surface area contributed by atoms with Crippen molar-refractivity contribution in [3.05, 3.63) is 100 Å². The number of amides is 1. The van der Waals surface area contributed by atoms with Gasteiger partial charge in [0, 0.05) is 26.3 Å². The van der Waals surface area contributed by atoms with Crippen molar-refractivity contribution < 1.29 is 13.7 Å². The zero-order chi connectivity index (χ0) is 25.1. The van der Waals surface area contributed by atoms with E-state index in [0.29, 0.717) is 6.54 Å². The third kappa shape index (κ3) is 5.66. The second-order valence-corrected chi connectivity index (χ2v) is 10.3. The number of nitrogens with one attached hydrogen (secondary N) is 1. The predicted molar refractivity (Wildman–Crippen MR) is 143 cm³/mol. The van der Waals surface area contributed by atoms with Crippen LogP contribution in [0.4, 0.5) is 10.1 Å². The van der Waals surface area contributed by atoms with Crippen molar-refractivity contribution in [2.75, 3.05) is 25.3 Å². The number of carbonyl (C=O) groups is 1. The molecule has 0 spiro atoms. The molecule has 1 aliphatic rings. The van der Waals surface area contributed by atoms with Crippen LogP contribution in [0, 0.1) is 5.82 Å². The Kier molecular flexibility index (Phi) is 7.43. The van der Waals surface area contributed by atoms with E-state index < -0.39 is 11.2 Å². The first-order chi connectivity index (χ1) is 16.7. The van der Waals surface area contributed by atoms with Gasteiger partial charge in [0.05, 0.1) is 6.42 Å². The minimum atomic E-state index is -1.04. The van der Waals surface area contributed by atoms with E-state index in [0.717, 1.165) is 49.6 Å². The number of nitrogens with zero attached hydrogens (tertiary/aromatic N) is 1. The van der Waals surface area contributed by atoms with Crippen molar-refractivity contribution in [1.29, 1.82) is 0 Å². The Balaban J connectivity index is 1.55. The fourth-order valence-corrected chi connectivity index (χ4v) is 4.76. The smallest absolute Gasteiger partial charge is 0.224 e. The Morgan fingerprint density at radius 3 is 2.34 bits per heavy atom. The maximum Gasteiger partial charge on any atom is 0.224 e. The molecule has 0 fully saturated rings. The summed E-state index contributed by atoms with van der Waals surface area (Å²) in [5, 5.41) is 2.99. The fourth-order valence-electron chi connectivity index (χ4n) is 4.24. The minimum absolute atomic E-state index is 0.109. The van der Waals surface area contributed by atoms with Crippen LogP contribution >= 0.6 is 0 Å². The van der Waals surface area contributed by atoms with Crippen LogP contribution in [0.2, 0.25) is 0 Å². The molecule has 0 bridgehead atoms. The molecule has 0 saturated carbocycles. The summed E-state index contributed by atoms with van der Waals surface area (Å²) in [6.45, 7) is 2.41. The highest BCUT2D eigenvalue weighted by Crippen LogP contribution is 2.43. The summed E-state index contributed by atoms with van der Waals surface area (Å²) in [7, 11) is 3.97. The van der Waals surface area contributed by atoms with Crippen LogP contribution in [0.5, 0.6) is 0 Å². The number of hydrogen-bond acceptors (Lipinski definition) is 3. The Labute approximate surface area is 209 Å². The van der Waals surface area contributed by atoms with E-state index in [1.807, 2.05) is 80.5 Å². The maximum atomic E-state index is 14.2. The first-order valence-corrected chi connectivity index (χ1v) is 13.0. The van der Waals surface area contributed by atoms with E-state index in [1.165, 1.54) is 12.1 Å². The molecule has 1 aliphatic carbocycles. The zero-order valence-electron chi connectivity index (χ0n) is 20.4. The number of benzene rings is 3. The summed E-state index contributed by atoms with van der Waals surface area (Å²) in [6, 6.07) is 20.3. The Morgan fingerprint density at radius 1 is 1.03 bits per heavy atom. The number of rotatable bonds is 7. The SMILES string of the molecule is CC1=C(CC(=O)NCc2ccc(N(C)C)cc2)c2cc(F)ccc2C1=Cc1ccc([S+](C)[O-])cc1. The van der Waals surface area contributed by atoms with Crippen molar-refractivity contribution in [3.8, 4) is 0 Å². The average Bonchev–Trinajstić information content (AvgIpc) is 3.08. The van der Waals surface area contributed by atoms with Crippen LogP contribution in [-0.4, -0.2) is 30.8 Å². The Hall–Kier alpha value is -3.35. The van der Waals surface area contributed by atoms with Crippen molar-refractivity contribution in [3.63, 3.8) is 0 Å². The third-order valence-electron chi connectivity index (χ3n) is 6.26. The summed E-state index contributed by atoms with van der Waals surface area (Å²) >= 11 is -1.04. The van der Waals surface area contributed by atoms with Crippen molar-refractivity contribution in [2.45, 2.75) is 24.8 Å². The van der Waals surface area contributed by atoms with Crippen molar-refractivity contribution in [1.82, 2.24) is 5.32 Å². The molecule has 3 aromatic rings. The number of carbonyl (C=O) groups excluding carboxylic acids is 1. The zero-order valence-corrected chi connectivity index (χ0v) is 21.2. The number of fused-ring (bicyclic) bond motifs is 1. The third-order valence-corrected chi connectivity index (χ3v) is 7.19. The summed E-state index contributed by atoms with van der Waals surface area (Å²) in [5.41, 5.74) is 7.49. The van der Waals surface area contributed by atoms with Gasteiger partial charge in [-0.3, -0.25) is 4.79 Å². The van der Waals surface area contributed by atoms with Crippen LogP contribution in [0.15, 0.2) is 77.2 Å². The molecule has 0 aromatic heterocycles. The molecule has 180 valence electrons. The summed E-state index contributed by atoms with van der Waals surface area (Å²) in [4.78, 5) is 15.7. The summed E-state index contributed by atoms with van der Waals surface area (Å²) in [5.74, 6) is -0.436. The summed E-state index contributed by atoms with van der Waals surface area (Å²) in [6.07, 6.45) is 3.85. The van der Waals surface area contributed by atoms with Crippen molar-refractivity contribution >= 4 is 40.0 Å². The molecule has 4 nitrogen and oxygen atoms in total. The molecular weight excluding hydrogens is 459 g/mol. The molecule has 0 aliphatic heterocycles. The predicted octanol–water partition coefficient (Wildman–Crippen LogP) is 5.66. The highest BCUT2D eigenvalue weighted by Gasteiger charge is 2.25. The molecule has 35 heavy (non-hydrogen) atoms. The lowest BCUT2D eigenvalue weighted by Gasteiger charge is -2.13. The highest BCUT2D eigenvalue weighted by atomic mass is 32.2. The van der Waals surface area contributed by atoms with Crippen LogP contribution < -0.4 is 10.2 Å². The van der Waals surface area contributed by atoms with Gasteiger partial charge in [-0.25, -0.2) is 4.39 Å². The van der Waals surface area contributed by atoms with E-state index in [9.17, 15) is 13.7 Å². The van der Waals surface area contributed by atoms with Gasteiger partial charge in [-0.2, -0.15) is 0 Å². The molecule has 1 atom stereocenters. The molecule has 0 heterocycles. The molecule has 1 N–H and O–H groups in total. The highest BCUT2D eigenvalue weighted by molar-refractivity contribution is 7.90. The second kappa shape index (κ2) is 10.5. The fraction of sp³-hybridized carbons (Fsp3) is 0.207. The molecule has 0 saturated heterocycles. The van der Waals surface area contributed by atoms with Crippen molar-refractivity contribution in [2.24, 2.45) is 0 Å². The van der Waals surface area contributed by atoms with E-state index in [-0.39, 0.29) is 18.1 Å². The quantitative estimate of drug-likeness (QED) is 0.437. The lowest BCUT2D eigenvalue weighted by molar-refractivity contribution is -0.120. The van der Waals surface area contributed by atoms with Gasteiger partial charge in [0.1, 0.15) is 12.1 Å². The Bertz CT molecular complexity index is 1290. The number of hydrogen-bond donors (Lipinski definition) is 1. The summed E-state index contributed by atoms with van der Waals surface area (Å²) < 4.78 is 25.9. The lowest BCUT2D eigenvalue weighted by atomic mass is 10.0.